The van der Waals surface area contributed by atoms with Crippen LogP contribution in [-0.4, -0.2) is 26.3 Å². The average molecular weight is 435 g/mol. The molecule has 3 aromatic rings. The molecule has 0 aromatic heterocycles. The molecule has 0 fully saturated rings. The van der Waals surface area contributed by atoms with E-state index in [1.54, 1.807) is 24.3 Å². The Bertz CT molecular complexity index is 1210. The molecule has 7 nitrogen and oxygen atoms in total. The van der Waals surface area contributed by atoms with Crippen LogP contribution in [-0.2, 0) is 14.8 Å². The van der Waals surface area contributed by atoms with Crippen molar-refractivity contribution in [2.45, 2.75) is 12.5 Å². The predicted octanol–water partition coefficient (Wildman–Crippen LogP) is 4.00. The maximum absolute atomic E-state index is 13.0. The molecule has 3 aromatic carbocycles. The largest absolute Gasteiger partial charge is 0.321 e. The molecule has 0 spiro atoms. The molecular weight excluding hydrogens is 412 g/mol. The normalized spacial score (nSPS) is 16.0. The Balaban J connectivity index is 1.57. The van der Waals surface area contributed by atoms with Gasteiger partial charge in [-0.2, -0.15) is 5.10 Å². The van der Waals surface area contributed by atoms with Crippen LogP contribution in [0.15, 0.2) is 90.0 Å². The summed E-state index contributed by atoms with van der Waals surface area (Å²) in [5.74, 6) is -0.323. The second-order valence-corrected chi connectivity index (χ2v) is 9.02. The van der Waals surface area contributed by atoms with Gasteiger partial charge < -0.3 is 5.32 Å². The molecule has 1 heterocycles. The standard InChI is InChI=1S/C23H22N4O3S/c1-31(29,30)26-19-12-8-11-18(15-19)24-23(28)21-16-22(17-9-4-2-5-10-17)27(25-21)20-13-6-3-7-14-20/h2-15,22,26H,16H2,1H3,(H,24,28). The molecular formula is C23H22N4O3S. The molecule has 158 valence electrons. The van der Waals surface area contributed by atoms with E-state index < -0.39 is 10.0 Å². The van der Waals surface area contributed by atoms with Crippen molar-refractivity contribution < 1.29 is 13.2 Å². The van der Waals surface area contributed by atoms with Crippen LogP contribution < -0.4 is 15.0 Å². The summed E-state index contributed by atoms with van der Waals surface area (Å²) in [5, 5.41) is 9.31. The van der Waals surface area contributed by atoms with Gasteiger partial charge in [0, 0.05) is 12.1 Å². The zero-order valence-electron chi connectivity index (χ0n) is 16.9. The summed E-state index contributed by atoms with van der Waals surface area (Å²) in [6.07, 6.45) is 1.53. The maximum atomic E-state index is 13.0. The number of carbonyl (C=O) groups is 1. The van der Waals surface area contributed by atoms with Gasteiger partial charge in [-0.1, -0.05) is 54.6 Å². The Labute approximate surface area is 181 Å². The number of carbonyl (C=O) groups excluding carboxylic acids is 1. The first kappa shape index (κ1) is 20.6. The highest BCUT2D eigenvalue weighted by Gasteiger charge is 2.32. The van der Waals surface area contributed by atoms with Crippen LogP contribution in [0, 0.1) is 0 Å². The van der Waals surface area contributed by atoms with E-state index in [1.807, 2.05) is 65.7 Å². The van der Waals surface area contributed by atoms with Crippen LogP contribution in [0.1, 0.15) is 18.0 Å². The van der Waals surface area contributed by atoms with E-state index in [9.17, 15) is 13.2 Å². The van der Waals surface area contributed by atoms with Crippen LogP contribution in [0.25, 0.3) is 0 Å². The lowest BCUT2D eigenvalue weighted by molar-refractivity contribution is -0.110. The van der Waals surface area contributed by atoms with E-state index >= 15 is 0 Å². The number of rotatable bonds is 6. The van der Waals surface area contributed by atoms with Gasteiger partial charge in [0.05, 0.1) is 23.7 Å². The van der Waals surface area contributed by atoms with Gasteiger partial charge in [0.2, 0.25) is 10.0 Å². The van der Waals surface area contributed by atoms with Crippen molar-refractivity contribution in [1.29, 1.82) is 0 Å². The highest BCUT2D eigenvalue weighted by molar-refractivity contribution is 7.92. The first-order valence-corrected chi connectivity index (χ1v) is 11.6. The lowest BCUT2D eigenvalue weighted by Gasteiger charge is -2.23. The molecule has 0 radical (unpaired) electrons. The number of nitrogens with zero attached hydrogens (tertiary/aromatic N) is 2. The van der Waals surface area contributed by atoms with Gasteiger partial charge in [-0.05, 0) is 35.9 Å². The van der Waals surface area contributed by atoms with Crippen molar-refractivity contribution in [1.82, 2.24) is 0 Å². The Hall–Kier alpha value is -3.65. The monoisotopic (exact) mass is 434 g/mol. The van der Waals surface area contributed by atoms with Crippen molar-refractivity contribution >= 4 is 38.7 Å². The Morgan fingerprint density at radius 3 is 2.26 bits per heavy atom. The number of amides is 1. The minimum absolute atomic E-state index is 0.0948. The smallest absolute Gasteiger partial charge is 0.271 e. The topological polar surface area (TPSA) is 90.9 Å². The zero-order chi connectivity index (χ0) is 21.8. The third-order valence-electron chi connectivity index (χ3n) is 4.80. The number of para-hydroxylation sites is 1. The number of benzene rings is 3. The molecule has 1 unspecified atom stereocenters. The second kappa shape index (κ2) is 8.61. The summed E-state index contributed by atoms with van der Waals surface area (Å²) in [6.45, 7) is 0. The Kier molecular flexibility index (Phi) is 5.73. The summed E-state index contributed by atoms with van der Waals surface area (Å²) in [7, 11) is -3.41. The van der Waals surface area contributed by atoms with E-state index in [4.69, 9.17) is 0 Å². The Morgan fingerprint density at radius 1 is 0.935 bits per heavy atom. The average Bonchev–Trinajstić information content (AvgIpc) is 3.20. The number of hydrogen-bond acceptors (Lipinski definition) is 5. The highest BCUT2D eigenvalue weighted by Crippen LogP contribution is 2.35. The summed E-state index contributed by atoms with van der Waals surface area (Å²) in [4.78, 5) is 13.0. The van der Waals surface area contributed by atoms with Crippen LogP contribution >= 0.6 is 0 Å². The van der Waals surface area contributed by atoms with Gasteiger partial charge in [0.15, 0.2) is 0 Å². The number of sulfonamides is 1. The number of hydrogen-bond donors (Lipinski definition) is 2. The van der Waals surface area contributed by atoms with E-state index in [0.717, 1.165) is 17.5 Å². The summed E-state index contributed by atoms with van der Waals surface area (Å²) in [6, 6.07) is 26.1. The van der Waals surface area contributed by atoms with Gasteiger partial charge in [0.25, 0.3) is 5.91 Å². The van der Waals surface area contributed by atoms with E-state index in [0.29, 0.717) is 23.5 Å². The SMILES string of the molecule is CS(=O)(=O)Nc1cccc(NC(=O)C2=NN(c3ccccc3)C(c3ccccc3)C2)c1. The molecule has 1 aliphatic heterocycles. The third kappa shape index (κ3) is 5.10. The van der Waals surface area contributed by atoms with Crippen LogP contribution in [0.4, 0.5) is 17.1 Å². The van der Waals surface area contributed by atoms with Crippen molar-refractivity contribution in [3.05, 3.63) is 90.5 Å². The van der Waals surface area contributed by atoms with E-state index in [-0.39, 0.29) is 11.9 Å². The Morgan fingerprint density at radius 2 is 1.58 bits per heavy atom. The fraction of sp³-hybridized carbons (Fsp3) is 0.130. The molecule has 1 amide bonds. The molecule has 0 saturated carbocycles. The molecule has 0 aliphatic carbocycles. The van der Waals surface area contributed by atoms with Gasteiger partial charge in [-0.15, -0.1) is 0 Å². The van der Waals surface area contributed by atoms with Gasteiger partial charge in [0.1, 0.15) is 5.71 Å². The van der Waals surface area contributed by atoms with Gasteiger partial charge in [-0.3, -0.25) is 14.5 Å². The van der Waals surface area contributed by atoms with Gasteiger partial charge >= 0.3 is 0 Å². The lowest BCUT2D eigenvalue weighted by Crippen LogP contribution is -2.22. The fourth-order valence-corrected chi connectivity index (χ4v) is 4.03. The quantitative estimate of drug-likeness (QED) is 0.613. The molecule has 31 heavy (non-hydrogen) atoms. The van der Waals surface area contributed by atoms with Crippen LogP contribution in [0.5, 0.6) is 0 Å². The zero-order valence-corrected chi connectivity index (χ0v) is 17.7. The first-order valence-electron chi connectivity index (χ1n) is 9.75. The van der Waals surface area contributed by atoms with Crippen molar-refractivity contribution in [2.24, 2.45) is 5.10 Å². The highest BCUT2D eigenvalue weighted by atomic mass is 32.2. The minimum atomic E-state index is -3.41. The molecule has 8 heteroatoms. The number of nitrogens with one attached hydrogen (secondary N) is 2. The maximum Gasteiger partial charge on any atom is 0.271 e. The molecule has 1 atom stereocenters. The lowest BCUT2D eigenvalue weighted by atomic mass is 10.0. The molecule has 0 saturated heterocycles. The first-order chi connectivity index (χ1) is 14.9. The summed E-state index contributed by atoms with van der Waals surface area (Å²) in [5.41, 5.74) is 3.23. The molecule has 0 bridgehead atoms. The fourth-order valence-electron chi connectivity index (χ4n) is 3.48. The van der Waals surface area contributed by atoms with Crippen molar-refractivity contribution in [3.63, 3.8) is 0 Å². The van der Waals surface area contributed by atoms with E-state index in [2.05, 4.69) is 15.1 Å². The predicted molar refractivity (Wildman–Crippen MR) is 124 cm³/mol. The second-order valence-electron chi connectivity index (χ2n) is 7.27. The van der Waals surface area contributed by atoms with E-state index in [1.165, 1.54) is 0 Å². The number of anilines is 3. The molecule has 4 rings (SSSR count). The third-order valence-corrected chi connectivity index (χ3v) is 5.41. The minimum Gasteiger partial charge on any atom is -0.321 e. The summed E-state index contributed by atoms with van der Waals surface area (Å²) >= 11 is 0. The molecule has 1 aliphatic rings. The molecule has 2 N–H and O–H groups in total. The van der Waals surface area contributed by atoms with Crippen molar-refractivity contribution in [2.75, 3.05) is 21.3 Å². The van der Waals surface area contributed by atoms with Gasteiger partial charge in [-0.25, -0.2) is 8.42 Å². The van der Waals surface area contributed by atoms with Crippen LogP contribution in [0.3, 0.4) is 0 Å². The summed E-state index contributed by atoms with van der Waals surface area (Å²) < 4.78 is 25.3. The van der Waals surface area contributed by atoms with Crippen molar-refractivity contribution in [3.8, 4) is 0 Å². The van der Waals surface area contributed by atoms with Crippen LogP contribution in [0.2, 0.25) is 0 Å². The number of hydrazone groups is 1.